The third kappa shape index (κ3) is 6.09. The van der Waals surface area contributed by atoms with Gasteiger partial charge in [-0.25, -0.2) is 0 Å². The van der Waals surface area contributed by atoms with Crippen molar-refractivity contribution in [1.82, 2.24) is 0 Å². The second kappa shape index (κ2) is 2.41. The largest absolute Gasteiger partial charge is 0.362 e. The lowest BCUT2D eigenvalue weighted by molar-refractivity contribution is -0.0735. The highest BCUT2D eigenvalue weighted by Gasteiger charge is 2.10. The van der Waals surface area contributed by atoms with Gasteiger partial charge in [0.2, 0.25) is 0 Å². The first-order chi connectivity index (χ1) is 3.06. The molecule has 0 aromatic carbocycles. The van der Waals surface area contributed by atoms with Crippen molar-refractivity contribution in [3.05, 3.63) is 12.7 Å². The summed E-state index contributed by atoms with van der Waals surface area (Å²) in [4.78, 5) is 0. The van der Waals surface area contributed by atoms with Crippen molar-refractivity contribution in [3.63, 3.8) is 0 Å². The van der Waals surface area contributed by atoms with Gasteiger partial charge in [0.15, 0.2) is 5.53 Å². The van der Waals surface area contributed by atoms with E-state index in [4.69, 9.17) is 10.2 Å². The molecule has 7 heavy (non-hydrogen) atoms. The maximum Gasteiger partial charge on any atom is 0.179 e. The minimum atomic E-state index is -1.65. The molecule has 0 amide bonds. The van der Waals surface area contributed by atoms with Gasteiger partial charge in [-0.3, -0.25) is 0 Å². The zero-order valence-electron chi connectivity index (χ0n) is 3.96. The fraction of sp³-hybridized carbons (Fsp3) is 0.500. The van der Waals surface area contributed by atoms with E-state index in [0.29, 0.717) is 0 Å². The predicted molar refractivity (Wildman–Crippen MR) is 31.7 cm³/mol. The van der Waals surface area contributed by atoms with E-state index in [2.05, 4.69) is 6.58 Å². The minimum absolute atomic E-state index is 0.178. The number of aliphatic hydroxyl groups is 2. The SMILES string of the molecule is C=CCC(O)(O)P. The zero-order chi connectivity index (χ0) is 5.91. The van der Waals surface area contributed by atoms with Crippen molar-refractivity contribution in [2.45, 2.75) is 11.9 Å². The Labute approximate surface area is 45.1 Å². The first-order valence-electron chi connectivity index (χ1n) is 1.91. The van der Waals surface area contributed by atoms with Crippen LogP contribution >= 0.6 is 9.24 Å². The minimum Gasteiger partial charge on any atom is -0.362 e. The Morgan fingerprint density at radius 3 is 2.14 bits per heavy atom. The molecule has 42 valence electrons. The van der Waals surface area contributed by atoms with Crippen molar-refractivity contribution in [1.29, 1.82) is 0 Å². The van der Waals surface area contributed by atoms with Gasteiger partial charge in [0.05, 0.1) is 0 Å². The van der Waals surface area contributed by atoms with Gasteiger partial charge < -0.3 is 10.2 Å². The van der Waals surface area contributed by atoms with E-state index in [1.807, 2.05) is 9.24 Å². The Morgan fingerprint density at radius 1 is 1.71 bits per heavy atom. The van der Waals surface area contributed by atoms with Crippen LogP contribution < -0.4 is 0 Å². The predicted octanol–water partition coefficient (Wildman–Crippen LogP) is 0.0760. The average Bonchev–Trinajstić information content (AvgIpc) is 1.30. The topological polar surface area (TPSA) is 40.5 Å². The fourth-order valence-electron chi connectivity index (χ4n) is 0.212. The summed E-state index contributed by atoms with van der Waals surface area (Å²) >= 11 is 0. The smallest absolute Gasteiger partial charge is 0.179 e. The van der Waals surface area contributed by atoms with Crippen LogP contribution in [0.1, 0.15) is 6.42 Å². The van der Waals surface area contributed by atoms with Crippen LogP contribution in [0.2, 0.25) is 0 Å². The third-order valence-electron chi connectivity index (χ3n) is 0.445. The van der Waals surface area contributed by atoms with E-state index < -0.39 is 5.53 Å². The molecule has 3 heteroatoms. The molecule has 0 saturated carbocycles. The summed E-state index contributed by atoms with van der Waals surface area (Å²) in [6.07, 6.45) is 1.62. The Bertz CT molecular complexity index is 64.6. The Kier molecular flexibility index (Phi) is 2.44. The monoisotopic (exact) mass is 120 g/mol. The summed E-state index contributed by atoms with van der Waals surface area (Å²) in [6, 6.07) is 0. The molecular formula is C4H9O2P. The van der Waals surface area contributed by atoms with E-state index in [0.717, 1.165) is 0 Å². The van der Waals surface area contributed by atoms with E-state index in [1.165, 1.54) is 6.08 Å². The molecule has 0 spiro atoms. The quantitative estimate of drug-likeness (QED) is 0.307. The Morgan fingerprint density at radius 2 is 2.14 bits per heavy atom. The normalized spacial score (nSPS) is 11.3. The van der Waals surface area contributed by atoms with E-state index in [9.17, 15) is 0 Å². The number of hydrogen-bond donors (Lipinski definition) is 2. The second-order valence-corrected chi connectivity index (χ2v) is 2.30. The van der Waals surface area contributed by atoms with Crippen LogP contribution in [-0.4, -0.2) is 15.7 Å². The van der Waals surface area contributed by atoms with Crippen LogP contribution in [0, 0.1) is 0 Å². The number of hydrogen-bond acceptors (Lipinski definition) is 2. The lowest BCUT2D eigenvalue weighted by atomic mass is 10.4. The van der Waals surface area contributed by atoms with Gasteiger partial charge in [0.25, 0.3) is 0 Å². The van der Waals surface area contributed by atoms with E-state index in [-0.39, 0.29) is 6.42 Å². The molecule has 0 fully saturated rings. The molecule has 1 atom stereocenters. The first-order valence-corrected chi connectivity index (χ1v) is 2.48. The van der Waals surface area contributed by atoms with Crippen LogP contribution in [0.25, 0.3) is 0 Å². The second-order valence-electron chi connectivity index (χ2n) is 1.37. The van der Waals surface area contributed by atoms with Crippen LogP contribution in [0.5, 0.6) is 0 Å². The van der Waals surface area contributed by atoms with Crippen molar-refractivity contribution in [2.75, 3.05) is 0 Å². The molecule has 0 rings (SSSR count). The van der Waals surface area contributed by atoms with E-state index in [1.54, 1.807) is 0 Å². The van der Waals surface area contributed by atoms with Crippen molar-refractivity contribution < 1.29 is 10.2 Å². The molecule has 2 nitrogen and oxygen atoms in total. The van der Waals surface area contributed by atoms with Gasteiger partial charge in [0.1, 0.15) is 0 Å². The lowest BCUT2D eigenvalue weighted by Crippen LogP contribution is -2.15. The summed E-state index contributed by atoms with van der Waals surface area (Å²) in [5, 5.41) is 16.9. The van der Waals surface area contributed by atoms with Crippen LogP contribution in [0.3, 0.4) is 0 Å². The number of rotatable bonds is 2. The summed E-state index contributed by atoms with van der Waals surface area (Å²) in [6.45, 7) is 3.31. The zero-order valence-corrected chi connectivity index (χ0v) is 5.12. The third-order valence-corrected chi connectivity index (χ3v) is 0.680. The van der Waals surface area contributed by atoms with Crippen LogP contribution in [0.4, 0.5) is 0 Å². The molecule has 1 unspecified atom stereocenters. The lowest BCUT2D eigenvalue weighted by Gasteiger charge is -2.10. The highest BCUT2D eigenvalue weighted by molar-refractivity contribution is 7.18. The molecular weight excluding hydrogens is 111 g/mol. The summed E-state index contributed by atoms with van der Waals surface area (Å²) in [5.41, 5.74) is -1.65. The van der Waals surface area contributed by atoms with Crippen molar-refractivity contribution in [3.8, 4) is 0 Å². The molecule has 0 aliphatic carbocycles. The Hall–Kier alpha value is 0.0900. The first kappa shape index (κ1) is 7.09. The molecule has 0 bridgehead atoms. The molecule has 0 aliphatic heterocycles. The molecule has 0 heterocycles. The standard InChI is InChI=1S/C4H9O2P/c1-2-3-4(5,6)7/h2,5-6H,1,3,7H2. The average molecular weight is 120 g/mol. The van der Waals surface area contributed by atoms with E-state index >= 15 is 0 Å². The summed E-state index contributed by atoms with van der Waals surface area (Å²) in [5.74, 6) is 0. The van der Waals surface area contributed by atoms with Gasteiger partial charge in [-0.2, -0.15) is 0 Å². The molecule has 0 aliphatic rings. The van der Waals surface area contributed by atoms with Gasteiger partial charge >= 0.3 is 0 Å². The van der Waals surface area contributed by atoms with Gasteiger partial charge in [-0.05, 0) is 0 Å². The highest BCUT2D eigenvalue weighted by atomic mass is 31.0. The van der Waals surface area contributed by atoms with Crippen LogP contribution in [-0.2, 0) is 0 Å². The van der Waals surface area contributed by atoms with Gasteiger partial charge in [-0.15, -0.1) is 6.58 Å². The van der Waals surface area contributed by atoms with Gasteiger partial charge in [0, 0.05) is 6.42 Å². The molecule has 0 saturated heterocycles. The van der Waals surface area contributed by atoms with Crippen molar-refractivity contribution >= 4 is 9.24 Å². The molecule has 2 N–H and O–H groups in total. The molecule has 0 aromatic rings. The summed E-state index contributed by atoms with van der Waals surface area (Å²) < 4.78 is 0. The highest BCUT2D eigenvalue weighted by Crippen LogP contribution is 2.13. The van der Waals surface area contributed by atoms with Crippen LogP contribution in [0.15, 0.2) is 12.7 Å². The summed E-state index contributed by atoms with van der Waals surface area (Å²) in [7, 11) is 1.88. The molecule has 0 radical (unpaired) electrons. The van der Waals surface area contributed by atoms with Crippen molar-refractivity contribution in [2.24, 2.45) is 0 Å². The maximum absolute atomic E-state index is 8.46. The van der Waals surface area contributed by atoms with Gasteiger partial charge in [-0.1, -0.05) is 15.3 Å². The Balaban J connectivity index is 3.34. The maximum atomic E-state index is 8.46. The fourth-order valence-corrected chi connectivity index (χ4v) is 0.379. The molecule has 0 aromatic heterocycles.